The molecule has 0 saturated heterocycles. The highest BCUT2D eigenvalue weighted by Gasteiger charge is 2.57. The van der Waals surface area contributed by atoms with Gasteiger partial charge in [0.2, 0.25) is 0 Å². The molecule has 5 nitrogen and oxygen atoms in total. The van der Waals surface area contributed by atoms with Crippen LogP contribution in [0.5, 0.6) is 0 Å². The molecule has 0 aromatic heterocycles. The number of ketones is 1. The molecule has 0 bridgehead atoms. The van der Waals surface area contributed by atoms with Gasteiger partial charge in [-0.3, -0.25) is 14.4 Å². The van der Waals surface area contributed by atoms with E-state index in [1.54, 1.807) is 0 Å². The number of methoxy groups -OCH3 is 2. The largest absolute Gasteiger partial charge is 0.468 e. The fourth-order valence-corrected chi connectivity index (χ4v) is 4.34. The Labute approximate surface area is 168 Å². The lowest BCUT2D eigenvalue weighted by atomic mass is 9.83. The van der Waals surface area contributed by atoms with Crippen LogP contribution in [-0.4, -0.2) is 31.9 Å². The first-order valence-corrected chi connectivity index (χ1v) is 9.32. The number of carbonyl (C=O) groups excluding carboxylic acids is 3. The molecule has 5 heteroatoms. The molecule has 146 valence electrons. The van der Waals surface area contributed by atoms with E-state index >= 15 is 0 Å². The number of Topliss-reactive ketones (excluding diaryl/α,β-unsaturated/α-hetero) is 1. The summed E-state index contributed by atoms with van der Waals surface area (Å²) >= 11 is 0. The predicted octanol–water partition coefficient (Wildman–Crippen LogP) is 3.60. The van der Waals surface area contributed by atoms with Gasteiger partial charge in [-0.05, 0) is 22.3 Å². The molecular weight excluding hydrogens is 368 g/mol. The number of rotatable bonds is 4. The molecule has 1 fully saturated rings. The molecule has 29 heavy (non-hydrogen) atoms. The summed E-state index contributed by atoms with van der Waals surface area (Å²) < 4.78 is 9.93. The average molecular weight is 388 g/mol. The predicted molar refractivity (Wildman–Crippen MR) is 107 cm³/mol. The summed E-state index contributed by atoms with van der Waals surface area (Å²) in [5.41, 5.74) is 2.56. The third-order valence-electron chi connectivity index (χ3n) is 5.66. The van der Waals surface area contributed by atoms with Gasteiger partial charge in [0.05, 0.1) is 14.2 Å². The second-order valence-electron chi connectivity index (χ2n) is 7.19. The highest BCUT2D eigenvalue weighted by Crippen LogP contribution is 2.55. The van der Waals surface area contributed by atoms with Gasteiger partial charge in [-0.1, -0.05) is 60.7 Å². The van der Waals surface area contributed by atoms with Gasteiger partial charge in [0.1, 0.15) is 0 Å². The van der Waals surface area contributed by atoms with E-state index < -0.39 is 17.4 Å². The zero-order valence-corrected chi connectivity index (χ0v) is 16.2. The third kappa shape index (κ3) is 2.81. The Hall–Kier alpha value is -3.47. The number of hydrogen-bond acceptors (Lipinski definition) is 5. The molecule has 0 heterocycles. The number of hydrogen-bond donors (Lipinski definition) is 0. The van der Waals surface area contributed by atoms with E-state index in [0.29, 0.717) is 11.1 Å². The number of allylic oxidation sites excluding steroid dienone is 4. The minimum Gasteiger partial charge on any atom is -0.468 e. The van der Waals surface area contributed by atoms with Gasteiger partial charge in [0, 0.05) is 24.0 Å². The fourth-order valence-electron chi connectivity index (χ4n) is 4.34. The summed E-state index contributed by atoms with van der Waals surface area (Å²) in [5.74, 6) is -1.38. The van der Waals surface area contributed by atoms with Crippen molar-refractivity contribution in [3.8, 4) is 0 Å². The first kappa shape index (κ1) is 18.9. The molecular formula is C24H20O5. The van der Waals surface area contributed by atoms with Crippen molar-refractivity contribution in [2.75, 3.05) is 14.2 Å². The monoisotopic (exact) mass is 388 g/mol. The lowest BCUT2D eigenvalue weighted by molar-refractivity contribution is -0.168. The quantitative estimate of drug-likeness (QED) is 0.591. The molecule has 2 aliphatic carbocycles. The highest BCUT2D eigenvalue weighted by molar-refractivity contribution is 6.47. The van der Waals surface area contributed by atoms with Crippen LogP contribution in [0.2, 0.25) is 0 Å². The van der Waals surface area contributed by atoms with Gasteiger partial charge in [0.25, 0.3) is 0 Å². The van der Waals surface area contributed by atoms with E-state index in [0.717, 1.165) is 22.3 Å². The number of esters is 2. The van der Waals surface area contributed by atoms with Gasteiger partial charge in [-0.2, -0.15) is 0 Å². The Morgan fingerprint density at radius 2 is 1.10 bits per heavy atom. The maximum atomic E-state index is 13.5. The van der Waals surface area contributed by atoms with Crippen molar-refractivity contribution in [2.24, 2.45) is 5.41 Å². The van der Waals surface area contributed by atoms with Crippen LogP contribution in [0.25, 0.3) is 11.1 Å². The fraction of sp³-hybridized carbons (Fsp3) is 0.208. The van der Waals surface area contributed by atoms with E-state index in [1.807, 2.05) is 60.7 Å². The highest BCUT2D eigenvalue weighted by atomic mass is 16.5. The number of fused-ring (bicyclic) bond motifs is 1. The molecule has 0 spiro atoms. The lowest BCUT2D eigenvalue weighted by Crippen LogP contribution is -2.39. The van der Waals surface area contributed by atoms with E-state index in [9.17, 15) is 14.4 Å². The summed E-state index contributed by atoms with van der Waals surface area (Å²) in [4.78, 5) is 38.8. The zero-order valence-electron chi connectivity index (χ0n) is 16.2. The molecule has 0 N–H and O–H groups in total. The second kappa shape index (κ2) is 7.17. The maximum Gasteiger partial charge on any atom is 0.323 e. The van der Waals surface area contributed by atoms with Crippen LogP contribution < -0.4 is 0 Å². The molecule has 2 aromatic carbocycles. The van der Waals surface area contributed by atoms with Crippen LogP contribution in [0.3, 0.4) is 0 Å². The third-order valence-corrected chi connectivity index (χ3v) is 5.66. The second-order valence-corrected chi connectivity index (χ2v) is 7.19. The SMILES string of the molecule is COC(=O)C1(C(=O)OC)CC2=C(c3ccccc3)C(=O)C(c3ccccc3)=C2C1. The molecule has 4 rings (SSSR count). The normalized spacial score (nSPS) is 17.4. The summed E-state index contributed by atoms with van der Waals surface area (Å²) in [6.07, 6.45) is 0.155. The van der Waals surface area contributed by atoms with Gasteiger partial charge >= 0.3 is 11.9 Å². The van der Waals surface area contributed by atoms with Crippen molar-refractivity contribution in [1.29, 1.82) is 0 Å². The van der Waals surface area contributed by atoms with Crippen molar-refractivity contribution in [2.45, 2.75) is 12.8 Å². The lowest BCUT2D eigenvalue weighted by Gasteiger charge is -2.23. The van der Waals surface area contributed by atoms with Crippen molar-refractivity contribution >= 4 is 28.9 Å². The Kier molecular flexibility index (Phi) is 4.66. The molecule has 0 amide bonds. The maximum absolute atomic E-state index is 13.5. The first-order valence-electron chi connectivity index (χ1n) is 9.32. The van der Waals surface area contributed by atoms with Crippen LogP contribution in [-0.2, 0) is 23.9 Å². The van der Waals surface area contributed by atoms with Gasteiger partial charge in [-0.15, -0.1) is 0 Å². The smallest absolute Gasteiger partial charge is 0.323 e. The first-order chi connectivity index (χ1) is 14.0. The molecule has 2 aliphatic rings. The molecule has 1 saturated carbocycles. The van der Waals surface area contributed by atoms with E-state index in [-0.39, 0.29) is 18.6 Å². The molecule has 0 atom stereocenters. The summed E-state index contributed by atoms with van der Waals surface area (Å²) in [5, 5.41) is 0. The summed E-state index contributed by atoms with van der Waals surface area (Å²) in [6.45, 7) is 0. The van der Waals surface area contributed by atoms with Crippen LogP contribution in [0.15, 0.2) is 71.8 Å². The summed E-state index contributed by atoms with van der Waals surface area (Å²) in [7, 11) is 2.51. The molecule has 0 radical (unpaired) electrons. The molecule has 0 unspecified atom stereocenters. The number of carbonyl (C=O) groups is 3. The van der Waals surface area contributed by atoms with Crippen LogP contribution in [0, 0.1) is 5.41 Å². The minimum absolute atomic E-state index is 0.0774. The summed E-state index contributed by atoms with van der Waals surface area (Å²) in [6, 6.07) is 18.6. The van der Waals surface area contributed by atoms with Crippen molar-refractivity contribution in [1.82, 2.24) is 0 Å². The van der Waals surface area contributed by atoms with E-state index in [1.165, 1.54) is 14.2 Å². The Morgan fingerprint density at radius 1 is 0.724 bits per heavy atom. The molecule has 2 aromatic rings. The Bertz CT molecular complexity index is 975. The van der Waals surface area contributed by atoms with Gasteiger partial charge < -0.3 is 9.47 Å². The minimum atomic E-state index is -1.48. The van der Waals surface area contributed by atoms with Crippen molar-refractivity contribution < 1.29 is 23.9 Å². The van der Waals surface area contributed by atoms with Crippen LogP contribution in [0.4, 0.5) is 0 Å². The van der Waals surface area contributed by atoms with Crippen LogP contribution in [0.1, 0.15) is 24.0 Å². The number of ether oxygens (including phenoxy) is 2. The standard InChI is InChI=1S/C24H20O5/c1-28-22(26)24(23(27)29-2)13-17-18(14-24)20(16-11-7-4-8-12-16)21(25)19(17)15-9-5-3-6-10-15/h3-12H,13-14H2,1-2H3. The Balaban J connectivity index is 1.95. The Morgan fingerprint density at radius 3 is 1.45 bits per heavy atom. The van der Waals surface area contributed by atoms with E-state index in [2.05, 4.69) is 0 Å². The topological polar surface area (TPSA) is 69.7 Å². The van der Waals surface area contributed by atoms with Crippen molar-refractivity contribution in [3.05, 3.63) is 82.9 Å². The van der Waals surface area contributed by atoms with Crippen LogP contribution >= 0.6 is 0 Å². The zero-order chi connectivity index (χ0) is 20.6. The number of benzene rings is 2. The van der Waals surface area contributed by atoms with Gasteiger partial charge in [-0.25, -0.2) is 0 Å². The van der Waals surface area contributed by atoms with Gasteiger partial charge in [0.15, 0.2) is 11.2 Å². The van der Waals surface area contributed by atoms with E-state index in [4.69, 9.17) is 9.47 Å². The van der Waals surface area contributed by atoms with Crippen molar-refractivity contribution in [3.63, 3.8) is 0 Å². The molecule has 0 aliphatic heterocycles. The average Bonchev–Trinajstić information content (AvgIpc) is 3.27.